The summed E-state index contributed by atoms with van der Waals surface area (Å²) in [6.45, 7) is 0. The number of carboxylic acids is 1. The molecular weight excluding hydrogens is 196 g/mol. The van der Waals surface area contributed by atoms with Crippen molar-refractivity contribution in [2.75, 3.05) is 5.32 Å². The predicted octanol–water partition coefficient (Wildman–Crippen LogP) is 0.988. The number of hydrogen-bond donors (Lipinski definition) is 2. The van der Waals surface area contributed by atoms with Crippen molar-refractivity contribution >= 4 is 17.6 Å². The van der Waals surface area contributed by atoms with Crippen LogP contribution in [-0.4, -0.2) is 17.0 Å². The molecule has 2 N–H and O–H groups in total. The average molecular weight is 201 g/mol. The van der Waals surface area contributed by atoms with Crippen molar-refractivity contribution in [2.45, 2.75) is 0 Å². The van der Waals surface area contributed by atoms with Gasteiger partial charge in [0.2, 0.25) is 0 Å². The van der Waals surface area contributed by atoms with Crippen LogP contribution >= 0.6 is 0 Å². The van der Waals surface area contributed by atoms with Gasteiger partial charge in [-0.05, 0) is 12.1 Å². The minimum Gasteiger partial charge on any atom is -0.474 e. The average Bonchev–Trinajstić information content (AvgIpc) is 2.11. The van der Waals surface area contributed by atoms with E-state index in [1.54, 1.807) is 5.32 Å². The van der Waals surface area contributed by atoms with Gasteiger partial charge in [0.25, 0.3) is 0 Å². The van der Waals surface area contributed by atoms with E-state index in [4.69, 9.17) is 5.11 Å². The van der Waals surface area contributed by atoms with Crippen LogP contribution < -0.4 is 5.32 Å². The lowest BCUT2D eigenvalue weighted by molar-refractivity contribution is -0.147. The van der Waals surface area contributed by atoms with Crippen LogP contribution in [0.5, 0.6) is 0 Å². The molecule has 4 nitrogen and oxygen atoms in total. The maximum Gasteiger partial charge on any atom is 0.394 e. The van der Waals surface area contributed by atoms with Gasteiger partial charge in [-0.15, -0.1) is 0 Å². The van der Waals surface area contributed by atoms with E-state index in [0.717, 1.165) is 18.2 Å². The predicted molar refractivity (Wildman–Crippen MR) is 42.6 cm³/mol. The fraction of sp³-hybridized carbons (Fsp3) is 0. The van der Waals surface area contributed by atoms with Gasteiger partial charge in [0.1, 0.15) is 17.3 Å². The Balaban J connectivity index is 2.97. The zero-order chi connectivity index (χ0) is 10.7. The summed E-state index contributed by atoms with van der Waals surface area (Å²) in [4.78, 5) is 20.6. The Labute approximate surface area is 77.2 Å². The molecule has 14 heavy (non-hydrogen) atoms. The van der Waals surface area contributed by atoms with Crippen LogP contribution in [-0.2, 0) is 9.59 Å². The van der Waals surface area contributed by atoms with Gasteiger partial charge in [0.15, 0.2) is 0 Å². The van der Waals surface area contributed by atoms with Gasteiger partial charge in [-0.3, -0.25) is 4.79 Å². The Kier molecular flexibility index (Phi) is 2.76. The van der Waals surface area contributed by atoms with Crippen LogP contribution in [0.4, 0.5) is 14.5 Å². The van der Waals surface area contributed by atoms with E-state index in [-0.39, 0.29) is 0 Å². The van der Waals surface area contributed by atoms with Gasteiger partial charge >= 0.3 is 11.9 Å². The molecule has 0 unspecified atom stereocenters. The molecule has 0 heterocycles. The Bertz CT molecular complexity index is 372. The lowest BCUT2D eigenvalue weighted by atomic mass is 10.3. The number of carbonyl (C=O) groups is 2. The quantitative estimate of drug-likeness (QED) is 0.666. The Morgan fingerprint density at radius 3 is 2.14 bits per heavy atom. The highest BCUT2D eigenvalue weighted by molar-refractivity contribution is 6.36. The van der Waals surface area contributed by atoms with Gasteiger partial charge in [0, 0.05) is 0 Å². The number of aliphatic carboxylic acids is 1. The number of halogens is 2. The normalized spacial score (nSPS) is 9.57. The molecule has 0 saturated carbocycles. The summed E-state index contributed by atoms with van der Waals surface area (Å²) in [6, 6.07) is 2.90. The lowest BCUT2D eigenvalue weighted by Crippen LogP contribution is -2.23. The molecular formula is C8H5F2NO3. The first-order valence-corrected chi connectivity index (χ1v) is 3.50. The zero-order valence-electron chi connectivity index (χ0n) is 6.75. The summed E-state index contributed by atoms with van der Waals surface area (Å²) in [5.74, 6) is -5.36. The molecule has 0 aliphatic heterocycles. The summed E-state index contributed by atoms with van der Waals surface area (Å²) in [6.07, 6.45) is 0. The van der Waals surface area contributed by atoms with E-state index in [1.807, 2.05) is 0 Å². The van der Waals surface area contributed by atoms with Crippen LogP contribution in [0.2, 0.25) is 0 Å². The van der Waals surface area contributed by atoms with E-state index in [0.29, 0.717) is 0 Å². The molecule has 1 amide bonds. The highest BCUT2D eigenvalue weighted by atomic mass is 19.1. The number of carboxylic acid groups (broad SMARTS) is 1. The summed E-state index contributed by atoms with van der Waals surface area (Å²) < 4.78 is 25.7. The van der Waals surface area contributed by atoms with Crippen molar-refractivity contribution < 1.29 is 23.5 Å². The highest BCUT2D eigenvalue weighted by Gasteiger charge is 2.16. The van der Waals surface area contributed by atoms with Crippen molar-refractivity contribution in [1.29, 1.82) is 0 Å². The van der Waals surface area contributed by atoms with Crippen molar-refractivity contribution in [3.05, 3.63) is 29.8 Å². The molecule has 74 valence electrons. The molecule has 0 aromatic heterocycles. The first-order valence-electron chi connectivity index (χ1n) is 3.50. The van der Waals surface area contributed by atoms with Crippen molar-refractivity contribution in [3.8, 4) is 0 Å². The van der Waals surface area contributed by atoms with Crippen molar-refractivity contribution in [1.82, 2.24) is 0 Å². The fourth-order valence-electron chi connectivity index (χ4n) is 0.784. The van der Waals surface area contributed by atoms with Crippen molar-refractivity contribution in [2.24, 2.45) is 0 Å². The summed E-state index contributed by atoms with van der Waals surface area (Å²) in [7, 11) is 0. The monoisotopic (exact) mass is 201 g/mol. The van der Waals surface area contributed by atoms with E-state index in [2.05, 4.69) is 0 Å². The minimum absolute atomic E-state index is 0.764. The third-order valence-electron chi connectivity index (χ3n) is 1.40. The first-order chi connectivity index (χ1) is 6.52. The number of benzene rings is 1. The molecule has 0 fully saturated rings. The smallest absolute Gasteiger partial charge is 0.394 e. The molecule has 6 heteroatoms. The first kappa shape index (κ1) is 10.1. The standard InChI is InChI=1S/C8H5F2NO3/c9-4-2-1-3-5(10)6(4)11-7(12)8(13)14/h1-3H,(H,11,12)(H,13,14). The van der Waals surface area contributed by atoms with Gasteiger partial charge in [-0.2, -0.15) is 0 Å². The van der Waals surface area contributed by atoms with Crippen LogP contribution in [0.15, 0.2) is 18.2 Å². The van der Waals surface area contributed by atoms with E-state index >= 15 is 0 Å². The number of anilines is 1. The van der Waals surface area contributed by atoms with Crippen LogP contribution in [0.1, 0.15) is 0 Å². The molecule has 0 aliphatic carbocycles. The molecule has 0 radical (unpaired) electrons. The molecule has 1 aromatic rings. The van der Waals surface area contributed by atoms with Crippen LogP contribution in [0.25, 0.3) is 0 Å². The largest absolute Gasteiger partial charge is 0.474 e. The second-order valence-electron chi connectivity index (χ2n) is 2.36. The lowest BCUT2D eigenvalue weighted by Gasteiger charge is -2.03. The maximum absolute atomic E-state index is 12.8. The van der Waals surface area contributed by atoms with E-state index in [9.17, 15) is 18.4 Å². The molecule has 1 aromatic carbocycles. The number of rotatable bonds is 1. The SMILES string of the molecule is O=C(O)C(=O)Nc1c(F)cccc1F. The third kappa shape index (κ3) is 2.03. The van der Waals surface area contributed by atoms with Crippen LogP contribution in [0.3, 0.4) is 0 Å². The molecule has 0 aliphatic rings. The van der Waals surface area contributed by atoms with E-state index < -0.39 is 29.2 Å². The third-order valence-corrected chi connectivity index (χ3v) is 1.40. The van der Waals surface area contributed by atoms with Gasteiger partial charge in [-0.1, -0.05) is 6.07 Å². The number of carbonyl (C=O) groups excluding carboxylic acids is 1. The summed E-state index contributed by atoms with van der Waals surface area (Å²) in [5.41, 5.74) is -0.764. The topological polar surface area (TPSA) is 66.4 Å². The Morgan fingerprint density at radius 1 is 1.21 bits per heavy atom. The van der Waals surface area contributed by atoms with Gasteiger partial charge < -0.3 is 10.4 Å². The molecule has 0 spiro atoms. The van der Waals surface area contributed by atoms with Crippen molar-refractivity contribution in [3.63, 3.8) is 0 Å². The van der Waals surface area contributed by atoms with Crippen LogP contribution in [0, 0.1) is 11.6 Å². The molecule has 1 rings (SSSR count). The van der Waals surface area contributed by atoms with Gasteiger partial charge in [-0.25, -0.2) is 13.6 Å². The highest BCUT2D eigenvalue weighted by Crippen LogP contribution is 2.17. The minimum atomic E-state index is -1.81. The zero-order valence-corrected chi connectivity index (χ0v) is 6.75. The number of amides is 1. The number of hydrogen-bond acceptors (Lipinski definition) is 2. The summed E-state index contributed by atoms with van der Waals surface area (Å²) >= 11 is 0. The Hall–Kier alpha value is -1.98. The second-order valence-corrected chi connectivity index (χ2v) is 2.36. The molecule has 0 bridgehead atoms. The fourth-order valence-corrected chi connectivity index (χ4v) is 0.784. The second kappa shape index (κ2) is 3.82. The molecule has 0 saturated heterocycles. The van der Waals surface area contributed by atoms with Gasteiger partial charge in [0.05, 0.1) is 0 Å². The maximum atomic E-state index is 12.8. The van der Waals surface area contributed by atoms with E-state index in [1.165, 1.54) is 0 Å². The molecule has 0 atom stereocenters. The Morgan fingerprint density at radius 2 is 1.71 bits per heavy atom. The number of para-hydroxylation sites is 1. The number of nitrogens with one attached hydrogen (secondary N) is 1. The summed E-state index contributed by atoms with van der Waals surface area (Å²) in [5, 5.41) is 9.76.